The third-order valence-electron chi connectivity index (χ3n) is 5.52. The van der Waals surface area contributed by atoms with Crippen molar-refractivity contribution in [1.82, 2.24) is 19.7 Å². The topological polar surface area (TPSA) is 43.2 Å². The molecule has 4 rings (SSSR count). The molecule has 3 heterocycles. The first kappa shape index (κ1) is 16.6. The van der Waals surface area contributed by atoms with Crippen LogP contribution in [0.25, 0.3) is 0 Å². The van der Waals surface area contributed by atoms with Crippen molar-refractivity contribution >= 4 is 0 Å². The van der Waals surface area contributed by atoms with Crippen molar-refractivity contribution in [3.05, 3.63) is 41.0 Å². The summed E-state index contributed by atoms with van der Waals surface area (Å²) in [7, 11) is 0. The van der Waals surface area contributed by atoms with Gasteiger partial charge in [-0.2, -0.15) is 0 Å². The Balaban J connectivity index is 1.33. The van der Waals surface area contributed by atoms with E-state index in [9.17, 15) is 0 Å². The van der Waals surface area contributed by atoms with E-state index >= 15 is 0 Å². The van der Waals surface area contributed by atoms with Gasteiger partial charge in [-0.15, -0.1) is 10.2 Å². The highest BCUT2D eigenvalue weighted by Crippen LogP contribution is 2.28. The van der Waals surface area contributed by atoms with Gasteiger partial charge in [-0.25, -0.2) is 0 Å². The SMILES string of the molecule is Cc1ccc(C)c(OCCN2CCC[C@@H](c3nnc4n3CCC4)C2)c1. The molecule has 1 aromatic heterocycles. The number of hydrogen-bond donors (Lipinski definition) is 0. The summed E-state index contributed by atoms with van der Waals surface area (Å²) in [5, 5.41) is 8.89. The minimum absolute atomic E-state index is 0.522. The second-order valence-corrected chi connectivity index (χ2v) is 7.49. The first-order chi connectivity index (χ1) is 12.2. The van der Waals surface area contributed by atoms with Gasteiger partial charge in [0.2, 0.25) is 0 Å². The van der Waals surface area contributed by atoms with E-state index in [1.54, 1.807) is 0 Å². The highest BCUT2D eigenvalue weighted by molar-refractivity contribution is 5.35. The van der Waals surface area contributed by atoms with Crippen molar-refractivity contribution in [3.63, 3.8) is 0 Å². The second-order valence-electron chi connectivity index (χ2n) is 7.49. The minimum atomic E-state index is 0.522. The van der Waals surface area contributed by atoms with Gasteiger partial charge in [-0.1, -0.05) is 12.1 Å². The largest absolute Gasteiger partial charge is 0.492 e. The number of hydrogen-bond acceptors (Lipinski definition) is 4. The number of fused-ring (bicyclic) bond motifs is 1. The molecule has 0 N–H and O–H groups in total. The molecular weight excluding hydrogens is 312 g/mol. The van der Waals surface area contributed by atoms with Crippen LogP contribution in [0.5, 0.6) is 5.75 Å². The van der Waals surface area contributed by atoms with Crippen LogP contribution in [0, 0.1) is 13.8 Å². The van der Waals surface area contributed by atoms with Crippen molar-refractivity contribution in [1.29, 1.82) is 0 Å². The fourth-order valence-corrected chi connectivity index (χ4v) is 4.09. The number of aryl methyl sites for hydroxylation is 3. The van der Waals surface area contributed by atoms with E-state index in [0.29, 0.717) is 5.92 Å². The molecule has 2 aliphatic heterocycles. The van der Waals surface area contributed by atoms with Gasteiger partial charge in [0.1, 0.15) is 24.0 Å². The maximum Gasteiger partial charge on any atom is 0.137 e. The first-order valence-corrected chi connectivity index (χ1v) is 9.55. The van der Waals surface area contributed by atoms with Gasteiger partial charge in [0.15, 0.2) is 0 Å². The molecule has 2 aliphatic rings. The Labute approximate surface area is 150 Å². The van der Waals surface area contributed by atoms with Crippen LogP contribution in [0.2, 0.25) is 0 Å². The number of ether oxygens (including phenoxy) is 1. The lowest BCUT2D eigenvalue weighted by atomic mass is 9.97. The molecular formula is C20H28N4O. The number of nitrogens with zero attached hydrogens (tertiary/aromatic N) is 4. The van der Waals surface area contributed by atoms with Crippen molar-refractivity contribution in [2.24, 2.45) is 0 Å². The lowest BCUT2D eigenvalue weighted by molar-refractivity contribution is 0.166. The second kappa shape index (κ2) is 7.16. The van der Waals surface area contributed by atoms with Gasteiger partial charge in [0, 0.05) is 32.0 Å². The van der Waals surface area contributed by atoms with Gasteiger partial charge < -0.3 is 9.30 Å². The smallest absolute Gasteiger partial charge is 0.137 e. The van der Waals surface area contributed by atoms with Gasteiger partial charge in [0.25, 0.3) is 0 Å². The van der Waals surface area contributed by atoms with E-state index < -0.39 is 0 Å². The van der Waals surface area contributed by atoms with Crippen LogP contribution < -0.4 is 4.74 Å². The first-order valence-electron chi connectivity index (χ1n) is 9.55. The molecule has 25 heavy (non-hydrogen) atoms. The predicted molar refractivity (Wildman–Crippen MR) is 98.2 cm³/mol. The fraction of sp³-hybridized carbons (Fsp3) is 0.600. The van der Waals surface area contributed by atoms with E-state index in [1.165, 1.54) is 42.0 Å². The molecule has 1 saturated heterocycles. The third-order valence-corrected chi connectivity index (χ3v) is 5.52. The zero-order valence-electron chi connectivity index (χ0n) is 15.4. The highest BCUT2D eigenvalue weighted by atomic mass is 16.5. The number of aromatic nitrogens is 3. The summed E-state index contributed by atoms with van der Waals surface area (Å²) in [4.78, 5) is 2.52. The van der Waals surface area contributed by atoms with Gasteiger partial charge in [-0.05, 0) is 56.8 Å². The fourth-order valence-electron chi connectivity index (χ4n) is 4.09. The molecule has 134 valence electrons. The molecule has 2 aromatic rings. The van der Waals surface area contributed by atoms with Gasteiger partial charge >= 0.3 is 0 Å². The lowest BCUT2D eigenvalue weighted by Crippen LogP contribution is -2.37. The standard InChI is InChI=1S/C20H28N4O/c1-15-7-8-16(2)18(13-15)25-12-11-23-9-3-5-17(14-23)20-22-21-19-6-4-10-24(19)20/h7-8,13,17H,3-6,9-12,14H2,1-2H3/t17-/m1/s1. The van der Waals surface area contributed by atoms with E-state index in [1.807, 2.05) is 0 Å². The van der Waals surface area contributed by atoms with Gasteiger partial charge in [0.05, 0.1) is 0 Å². The third kappa shape index (κ3) is 3.56. The minimum Gasteiger partial charge on any atom is -0.492 e. The normalized spacial score (nSPS) is 20.6. The van der Waals surface area contributed by atoms with Crippen LogP contribution in [0.1, 0.15) is 48.0 Å². The van der Waals surface area contributed by atoms with E-state index in [-0.39, 0.29) is 0 Å². The summed E-state index contributed by atoms with van der Waals surface area (Å²) < 4.78 is 8.41. The summed E-state index contributed by atoms with van der Waals surface area (Å²) in [5.74, 6) is 3.94. The number of benzene rings is 1. The maximum absolute atomic E-state index is 6.05. The monoisotopic (exact) mass is 340 g/mol. The Morgan fingerprint density at radius 3 is 3.00 bits per heavy atom. The zero-order chi connectivity index (χ0) is 17.2. The molecule has 0 aliphatic carbocycles. The van der Waals surface area contributed by atoms with Crippen LogP contribution in [0.15, 0.2) is 18.2 Å². The van der Waals surface area contributed by atoms with Gasteiger partial charge in [-0.3, -0.25) is 4.90 Å². The quantitative estimate of drug-likeness (QED) is 0.839. The van der Waals surface area contributed by atoms with Crippen LogP contribution >= 0.6 is 0 Å². The Kier molecular flexibility index (Phi) is 4.75. The summed E-state index contributed by atoms with van der Waals surface area (Å²) >= 11 is 0. The highest BCUT2D eigenvalue weighted by Gasteiger charge is 2.28. The molecule has 5 nitrogen and oxygen atoms in total. The van der Waals surface area contributed by atoms with Crippen molar-refractivity contribution in [3.8, 4) is 5.75 Å². The summed E-state index contributed by atoms with van der Waals surface area (Å²) in [5.41, 5.74) is 2.46. The molecule has 1 fully saturated rings. The average Bonchev–Trinajstić information content (AvgIpc) is 3.22. The maximum atomic E-state index is 6.05. The van der Waals surface area contributed by atoms with E-state index in [4.69, 9.17) is 4.74 Å². The molecule has 1 atom stereocenters. The average molecular weight is 340 g/mol. The Morgan fingerprint density at radius 1 is 1.16 bits per heavy atom. The lowest BCUT2D eigenvalue weighted by Gasteiger charge is -2.32. The molecule has 0 saturated carbocycles. The zero-order valence-corrected chi connectivity index (χ0v) is 15.4. The summed E-state index contributed by atoms with van der Waals surface area (Å²) in [6.07, 6.45) is 4.77. The van der Waals surface area contributed by atoms with E-state index in [2.05, 4.69) is 51.7 Å². The summed E-state index contributed by atoms with van der Waals surface area (Å²) in [6, 6.07) is 6.40. The molecule has 0 unspecified atom stereocenters. The summed E-state index contributed by atoms with van der Waals surface area (Å²) in [6.45, 7) is 9.28. The molecule has 1 aromatic carbocycles. The van der Waals surface area contributed by atoms with Crippen molar-refractivity contribution in [2.75, 3.05) is 26.2 Å². The Bertz CT molecular complexity index is 739. The number of likely N-dealkylation sites (tertiary alicyclic amines) is 1. The van der Waals surface area contributed by atoms with Crippen molar-refractivity contribution in [2.45, 2.75) is 52.0 Å². The van der Waals surface area contributed by atoms with Crippen LogP contribution in [0.3, 0.4) is 0 Å². The predicted octanol–water partition coefficient (Wildman–Crippen LogP) is 3.10. The molecule has 0 bridgehead atoms. The van der Waals surface area contributed by atoms with Crippen molar-refractivity contribution < 1.29 is 4.74 Å². The Hall–Kier alpha value is -1.88. The van der Waals surface area contributed by atoms with Crippen LogP contribution in [0.4, 0.5) is 0 Å². The molecule has 0 spiro atoms. The molecule has 5 heteroatoms. The Morgan fingerprint density at radius 2 is 2.08 bits per heavy atom. The van der Waals surface area contributed by atoms with Crippen LogP contribution in [-0.4, -0.2) is 45.9 Å². The number of piperidine rings is 1. The molecule has 0 radical (unpaired) electrons. The number of rotatable bonds is 5. The molecule has 0 amide bonds. The van der Waals surface area contributed by atoms with Crippen LogP contribution in [-0.2, 0) is 13.0 Å². The van der Waals surface area contributed by atoms with E-state index in [0.717, 1.165) is 45.0 Å².